The van der Waals surface area contributed by atoms with Gasteiger partial charge in [-0.2, -0.15) is 0 Å². The van der Waals surface area contributed by atoms with Gasteiger partial charge in [0.2, 0.25) is 0 Å². The molecular formula is C11H17NO2. The van der Waals surface area contributed by atoms with Gasteiger partial charge in [0.15, 0.2) is 0 Å². The first kappa shape index (κ1) is 11.0. The number of nitrogens with zero attached hydrogens (tertiary/aromatic N) is 1. The molecule has 0 N–H and O–H groups in total. The van der Waals surface area contributed by atoms with E-state index < -0.39 is 0 Å². The number of hydrogen-bond donors (Lipinski definition) is 0. The van der Waals surface area contributed by atoms with Crippen molar-refractivity contribution >= 4 is 5.78 Å². The monoisotopic (exact) mass is 195 g/mol. The number of furan rings is 1. The highest BCUT2D eigenvalue weighted by Gasteiger charge is 2.06. The summed E-state index contributed by atoms with van der Waals surface area (Å²) in [6.07, 6.45) is 2.29. The zero-order chi connectivity index (χ0) is 10.4. The van der Waals surface area contributed by atoms with Crippen LogP contribution >= 0.6 is 0 Å². The normalized spacial score (nSPS) is 10.8. The van der Waals surface area contributed by atoms with E-state index in [0.717, 1.165) is 25.4 Å². The van der Waals surface area contributed by atoms with Crippen LogP contribution in [0.25, 0.3) is 0 Å². The summed E-state index contributed by atoms with van der Waals surface area (Å²) in [5, 5.41) is 0. The highest BCUT2D eigenvalue weighted by Crippen LogP contribution is 2.05. The molecule has 14 heavy (non-hydrogen) atoms. The Bertz CT molecular complexity index is 267. The maximum absolute atomic E-state index is 10.8. The minimum absolute atomic E-state index is 0.239. The van der Waals surface area contributed by atoms with Crippen molar-refractivity contribution in [1.29, 1.82) is 0 Å². The molecule has 0 aliphatic heterocycles. The molecule has 0 saturated carbocycles. The quantitative estimate of drug-likeness (QED) is 0.696. The van der Waals surface area contributed by atoms with Crippen molar-refractivity contribution in [3.8, 4) is 0 Å². The van der Waals surface area contributed by atoms with Gasteiger partial charge in [0.1, 0.15) is 11.5 Å². The van der Waals surface area contributed by atoms with E-state index in [1.54, 1.807) is 13.2 Å². The topological polar surface area (TPSA) is 33.5 Å². The fraction of sp³-hybridized carbons (Fsp3) is 0.545. The zero-order valence-corrected chi connectivity index (χ0v) is 8.82. The largest absolute Gasteiger partial charge is 0.468 e. The summed E-state index contributed by atoms with van der Waals surface area (Å²) >= 11 is 0. The molecule has 0 aromatic carbocycles. The molecular weight excluding hydrogens is 178 g/mol. The highest BCUT2D eigenvalue weighted by atomic mass is 16.3. The third kappa shape index (κ3) is 3.75. The Kier molecular flexibility index (Phi) is 4.40. The molecule has 0 fully saturated rings. The predicted molar refractivity (Wildman–Crippen MR) is 55.0 cm³/mol. The summed E-state index contributed by atoms with van der Waals surface area (Å²) < 4.78 is 5.25. The van der Waals surface area contributed by atoms with Crippen LogP contribution in [0.1, 0.15) is 26.0 Å². The van der Waals surface area contributed by atoms with Crippen molar-refractivity contribution in [1.82, 2.24) is 4.90 Å². The molecule has 3 heteroatoms. The van der Waals surface area contributed by atoms with Gasteiger partial charge in [-0.3, -0.25) is 9.69 Å². The predicted octanol–water partition coefficient (Wildman–Crippen LogP) is 2.08. The Morgan fingerprint density at radius 1 is 1.57 bits per heavy atom. The van der Waals surface area contributed by atoms with E-state index >= 15 is 0 Å². The number of Topliss-reactive ketones (excluding diaryl/α,β-unsaturated/α-hetero) is 1. The Morgan fingerprint density at radius 3 is 2.86 bits per heavy atom. The van der Waals surface area contributed by atoms with Gasteiger partial charge in [-0.1, -0.05) is 6.92 Å². The number of ketones is 1. The maximum atomic E-state index is 10.8. The van der Waals surface area contributed by atoms with E-state index in [0.29, 0.717) is 6.42 Å². The van der Waals surface area contributed by atoms with Gasteiger partial charge in [-0.05, 0) is 25.6 Å². The Balaban J connectivity index is 2.35. The van der Waals surface area contributed by atoms with Crippen LogP contribution in [0, 0.1) is 0 Å². The van der Waals surface area contributed by atoms with Crippen LogP contribution in [-0.2, 0) is 11.3 Å². The molecule has 1 rings (SSSR count). The lowest BCUT2D eigenvalue weighted by Gasteiger charge is -2.17. The third-order valence-corrected chi connectivity index (χ3v) is 2.19. The van der Waals surface area contributed by atoms with E-state index in [4.69, 9.17) is 4.42 Å². The van der Waals surface area contributed by atoms with Gasteiger partial charge in [-0.25, -0.2) is 0 Å². The van der Waals surface area contributed by atoms with Gasteiger partial charge in [-0.15, -0.1) is 0 Å². The fourth-order valence-electron chi connectivity index (χ4n) is 1.29. The van der Waals surface area contributed by atoms with Crippen LogP contribution in [0.5, 0.6) is 0 Å². The number of carbonyl (C=O) groups excluding carboxylic acids is 1. The van der Waals surface area contributed by atoms with Crippen molar-refractivity contribution < 1.29 is 9.21 Å². The molecule has 0 bridgehead atoms. The smallest absolute Gasteiger partial charge is 0.131 e. The molecule has 0 spiro atoms. The molecule has 78 valence electrons. The highest BCUT2D eigenvalue weighted by molar-refractivity contribution is 5.75. The number of rotatable bonds is 6. The van der Waals surface area contributed by atoms with Gasteiger partial charge in [0.25, 0.3) is 0 Å². The average molecular weight is 195 g/mol. The zero-order valence-electron chi connectivity index (χ0n) is 8.82. The van der Waals surface area contributed by atoms with Crippen molar-refractivity contribution in [2.45, 2.75) is 26.8 Å². The molecule has 0 aliphatic rings. The fourth-order valence-corrected chi connectivity index (χ4v) is 1.29. The summed E-state index contributed by atoms with van der Waals surface area (Å²) in [4.78, 5) is 13.0. The van der Waals surface area contributed by atoms with Crippen LogP contribution < -0.4 is 0 Å². The lowest BCUT2D eigenvalue weighted by Crippen LogP contribution is -2.25. The van der Waals surface area contributed by atoms with Crippen molar-refractivity contribution in [3.05, 3.63) is 24.2 Å². The molecule has 0 atom stereocenters. The van der Waals surface area contributed by atoms with Crippen molar-refractivity contribution in [2.24, 2.45) is 0 Å². The first-order chi connectivity index (χ1) is 6.72. The summed E-state index contributed by atoms with van der Waals surface area (Å²) in [5.74, 6) is 1.19. The van der Waals surface area contributed by atoms with Crippen molar-refractivity contribution in [2.75, 3.05) is 13.1 Å². The van der Waals surface area contributed by atoms with E-state index in [1.165, 1.54) is 0 Å². The number of hydrogen-bond acceptors (Lipinski definition) is 3. The summed E-state index contributed by atoms with van der Waals surface area (Å²) in [7, 11) is 0. The Labute approximate surface area is 84.7 Å². The molecule has 0 aliphatic carbocycles. The molecule has 0 amide bonds. The summed E-state index contributed by atoms with van der Waals surface area (Å²) in [5.41, 5.74) is 0. The molecule has 0 radical (unpaired) electrons. The van der Waals surface area contributed by atoms with Gasteiger partial charge < -0.3 is 4.42 Å². The molecule has 3 nitrogen and oxygen atoms in total. The van der Waals surface area contributed by atoms with Gasteiger partial charge in [0.05, 0.1) is 12.8 Å². The second-order valence-electron chi connectivity index (χ2n) is 3.40. The van der Waals surface area contributed by atoms with Crippen LogP contribution in [-0.4, -0.2) is 23.8 Å². The van der Waals surface area contributed by atoms with E-state index in [9.17, 15) is 4.79 Å². The second kappa shape index (κ2) is 5.60. The van der Waals surface area contributed by atoms with Gasteiger partial charge >= 0.3 is 0 Å². The standard InChI is InChI=1S/C11H17NO2/c1-3-12(7-6-10(2)13)9-11-5-4-8-14-11/h4-5,8H,3,6-7,9H2,1-2H3. The second-order valence-corrected chi connectivity index (χ2v) is 3.40. The van der Waals surface area contributed by atoms with Crippen LogP contribution in [0.15, 0.2) is 22.8 Å². The lowest BCUT2D eigenvalue weighted by molar-refractivity contribution is -0.117. The molecule has 0 unspecified atom stereocenters. The maximum Gasteiger partial charge on any atom is 0.131 e. The summed E-state index contributed by atoms with van der Waals surface area (Å²) in [6.45, 7) is 6.25. The van der Waals surface area contributed by atoms with E-state index in [2.05, 4.69) is 11.8 Å². The lowest BCUT2D eigenvalue weighted by atomic mass is 10.3. The number of carbonyl (C=O) groups is 1. The van der Waals surface area contributed by atoms with Crippen molar-refractivity contribution in [3.63, 3.8) is 0 Å². The Hall–Kier alpha value is -1.09. The first-order valence-corrected chi connectivity index (χ1v) is 4.96. The molecule has 1 aromatic heterocycles. The Morgan fingerprint density at radius 2 is 2.36 bits per heavy atom. The summed E-state index contributed by atoms with van der Waals surface area (Å²) in [6, 6.07) is 3.84. The molecule has 0 saturated heterocycles. The van der Waals surface area contributed by atoms with Gasteiger partial charge in [0, 0.05) is 13.0 Å². The third-order valence-electron chi connectivity index (χ3n) is 2.19. The average Bonchev–Trinajstić information content (AvgIpc) is 2.64. The minimum atomic E-state index is 0.239. The first-order valence-electron chi connectivity index (χ1n) is 4.96. The molecule has 1 aromatic rings. The molecule has 1 heterocycles. The van der Waals surface area contributed by atoms with Crippen LogP contribution in [0.4, 0.5) is 0 Å². The minimum Gasteiger partial charge on any atom is -0.468 e. The van der Waals surface area contributed by atoms with Crippen LogP contribution in [0.3, 0.4) is 0 Å². The van der Waals surface area contributed by atoms with E-state index in [1.807, 2.05) is 12.1 Å². The van der Waals surface area contributed by atoms with E-state index in [-0.39, 0.29) is 5.78 Å². The van der Waals surface area contributed by atoms with Crippen LogP contribution in [0.2, 0.25) is 0 Å². The SMILES string of the molecule is CCN(CCC(C)=O)Cc1ccco1.